The Labute approximate surface area is 423 Å². The smallest absolute Gasteiger partial charge is 0.256 e. The molecule has 19 heteroatoms. The number of hydrogen-bond donors (Lipinski definition) is 0. The number of fused-ring (bicyclic) bond motifs is 2. The largest absolute Gasteiger partial charge is 0.336 e. The molecule has 2 saturated carbocycles. The fourth-order valence-corrected chi connectivity index (χ4v) is 10.3. The summed E-state index contributed by atoms with van der Waals surface area (Å²) in [5.74, 6) is -0.533. The number of nitrogens with zero attached hydrogens (tertiary/aromatic N) is 8. The van der Waals surface area contributed by atoms with Gasteiger partial charge in [-0.15, -0.1) is 0 Å². The minimum atomic E-state index is -3.33. The van der Waals surface area contributed by atoms with E-state index in [9.17, 15) is 45.3 Å². The van der Waals surface area contributed by atoms with Gasteiger partial charge >= 0.3 is 0 Å². The molecular formula is C54H52F2N8O7S2. The van der Waals surface area contributed by atoms with Gasteiger partial charge in [0.2, 0.25) is 20.0 Å². The van der Waals surface area contributed by atoms with Crippen molar-refractivity contribution in [3.8, 4) is 34.4 Å². The van der Waals surface area contributed by atoms with Crippen molar-refractivity contribution in [2.45, 2.75) is 32.1 Å². The van der Waals surface area contributed by atoms with E-state index in [0.29, 0.717) is 72.6 Å². The summed E-state index contributed by atoms with van der Waals surface area (Å²) in [5.41, 5.74) is 6.55. The molecule has 4 aromatic carbocycles. The topological polar surface area (TPSA) is 206 Å². The maximum Gasteiger partial charge on any atom is 0.256 e. The second-order valence-electron chi connectivity index (χ2n) is 18.4. The highest BCUT2D eigenvalue weighted by Crippen LogP contribution is 2.37. The highest BCUT2D eigenvalue weighted by atomic mass is 32.2. The fraction of sp³-hybridized carbons (Fsp3) is 0.315. The number of aromatic nitrogens is 2. The number of benzene rings is 4. The van der Waals surface area contributed by atoms with Crippen molar-refractivity contribution in [3.63, 3.8) is 0 Å². The van der Waals surface area contributed by atoms with Gasteiger partial charge in [-0.05, 0) is 90.3 Å². The van der Waals surface area contributed by atoms with Gasteiger partial charge in [0.1, 0.15) is 17.9 Å². The van der Waals surface area contributed by atoms with Gasteiger partial charge in [0.25, 0.3) is 11.8 Å². The van der Waals surface area contributed by atoms with Crippen LogP contribution in [0.15, 0.2) is 103 Å². The van der Waals surface area contributed by atoms with Crippen LogP contribution in [0.25, 0.3) is 49.6 Å². The second kappa shape index (κ2) is 22.2. The summed E-state index contributed by atoms with van der Waals surface area (Å²) in [7, 11) is -6.64. The van der Waals surface area contributed by atoms with Crippen molar-refractivity contribution in [2.75, 3.05) is 64.9 Å². The molecule has 4 heterocycles. The first-order chi connectivity index (χ1) is 34.9. The van der Waals surface area contributed by atoms with E-state index < -0.39 is 31.7 Å². The third-order valence-corrected chi connectivity index (χ3v) is 15.7. The van der Waals surface area contributed by atoms with Crippen molar-refractivity contribution >= 4 is 65.5 Å². The number of carbonyl (C=O) groups excluding carboxylic acids is 3. The normalized spacial score (nSPS) is 16.6. The maximum absolute atomic E-state index is 14.3. The molecule has 2 aliphatic heterocycles. The first kappa shape index (κ1) is 52.0. The first-order valence-electron chi connectivity index (χ1n) is 23.7. The van der Waals surface area contributed by atoms with Crippen molar-refractivity contribution in [3.05, 3.63) is 137 Å². The summed E-state index contributed by atoms with van der Waals surface area (Å²) in [6, 6.07) is 27.5. The average Bonchev–Trinajstić information content (AvgIpc) is 4.34. The molecule has 10 rings (SSSR count). The van der Waals surface area contributed by atoms with Gasteiger partial charge in [-0.2, -0.15) is 19.1 Å². The van der Waals surface area contributed by atoms with Crippen LogP contribution in [0.4, 0.5) is 8.78 Å². The number of hydrogen-bond acceptors (Lipinski definition) is 11. The number of halogens is 2. The van der Waals surface area contributed by atoms with Crippen molar-refractivity contribution < 1.29 is 40.0 Å². The molecule has 73 heavy (non-hydrogen) atoms. The number of aldehydes is 1. The third-order valence-electron chi connectivity index (χ3n) is 13.1. The molecule has 0 N–H and O–H groups in total. The molecule has 0 unspecified atom stereocenters. The zero-order chi connectivity index (χ0) is 52.0. The molecule has 2 aromatic heterocycles. The van der Waals surface area contributed by atoms with Crippen LogP contribution in [0.2, 0.25) is 0 Å². The molecule has 0 radical (unpaired) electrons. The highest BCUT2D eigenvalue weighted by molar-refractivity contribution is 7.88. The summed E-state index contributed by atoms with van der Waals surface area (Å²) in [6.07, 6.45) is 13.1. The van der Waals surface area contributed by atoms with E-state index in [2.05, 4.69) is 22.1 Å². The number of nitriles is 2. The van der Waals surface area contributed by atoms with Crippen molar-refractivity contribution in [1.82, 2.24) is 28.4 Å². The average molecular weight is 1030 g/mol. The summed E-state index contributed by atoms with van der Waals surface area (Å²) in [6.45, 7) is 1.90. The Morgan fingerprint density at radius 1 is 0.630 bits per heavy atom. The number of rotatable bonds is 10. The minimum absolute atomic E-state index is 0.217. The lowest BCUT2D eigenvalue weighted by molar-refractivity contribution is -0.108. The first-order valence-corrected chi connectivity index (χ1v) is 27.4. The van der Waals surface area contributed by atoms with E-state index in [0.717, 1.165) is 55.6 Å². The summed E-state index contributed by atoms with van der Waals surface area (Å²) in [4.78, 5) is 48.6. The number of carbonyl (C=O) groups is 3. The zero-order valence-corrected chi connectivity index (χ0v) is 41.9. The van der Waals surface area contributed by atoms with E-state index in [1.165, 1.54) is 45.3 Å². The molecule has 15 nitrogen and oxygen atoms in total. The van der Waals surface area contributed by atoms with Crippen molar-refractivity contribution in [1.29, 1.82) is 10.5 Å². The van der Waals surface area contributed by atoms with Crippen LogP contribution in [0.3, 0.4) is 0 Å². The monoisotopic (exact) mass is 1030 g/mol. The van der Waals surface area contributed by atoms with Crippen LogP contribution in [0.5, 0.6) is 0 Å². The molecule has 2 aliphatic carbocycles. The maximum atomic E-state index is 14.3. The van der Waals surface area contributed by atoms with E-state index in [-0.39, 0.29) is 70.6 Å². The van der Waals surface area contributed by atoms with Crippen LogP contribution >= 0.6 is 0 Å². The number of allylic oxidation sites excluding steroid dienone is 2. The Morgan fingerprint density at radius 3 is 1.41 bits per heavy atom. The van der Waals surface area contributed by atoms with Gasteiger partial charge in [-0.1, -0.05) is 54.6 Å². The number of pyridine rings is 2. The molecule has 2 amide bonds. The number of piperazine rings is 2. The minimum Gasteiger partial charge on any atom is -0.336 e. The fourth-order valence-electron chi connectivity index (χ4n) is 8.69. The van der Waals surface area contributed by atoms with E-state index in [1.54, 1.807) is 21.9 Å². The summed E-state index contributed by atoms with van der Waals surface area (Å²) < 4.78 is 78.4. The predicted octanol–water partition coefficient (Wildman–Crippen LogP) is 7.49. The van der Waals surface area contributed by atoms with E-state index in [4.69, 9.17) is 5.26 Å². The Bertz CT molecular complexity index is 3430. The Morgan fingerprint density at radius 2 is 1.05 bits per heavy atom. The lowest BCUT2D eigenvalue weighted by Crippen LogP contribution is -2.50. The van der Waals surface area contributed by atoms with Gasteiger partial charge < -0.3 is 14.6 Å². The van der Waals surface area contributed by atoms with Gasteiger partial charge in [-0.25, -0.2) is 25.6 Å². The van der Waals surface area contributed by atoms with Crippen LogP contribution in [0.1, 0.15) is 57.5 Å². The molecule has 0 spiro atoms. The highest BCUT2D eigenvalue weighted by Gasteiger charge is 2.31. The standard InChI is InChI=1S/C27H25FN4O3S.C23H21FN4O3S.C4H6O/c1-36(34,35)32-12-10-31(11-13-32)27(33)24-17-30-25-9-8-22(28)15-23(25)26(24)20-6-4-19(5-7-20)21(16-29)14-18-2-3-18;1-32(30,31)28-12-10-27(11-13-28)23(29)20-15-26-21-7-6-18(24)14-19(21)22(20)17-4-2-16(3-5-17)8-9-25;5-3-4-1-2-4/h4-9,14-15,17-18H,2-3,10-13H2,1H3;2-7,14-15H,8,10-13H2,1H3;3-4H,1-2H2/b21-14+;;. The molecule has 6 aromatic rings. The zero-order valence-electron chi connectivity index (χ0n) is 40.2. The number of amides is 2. The molecule has 2 saturated heterocycles. The van der Waals surface area contributed by atoms with Crippen LogP contribution < -0.4 is 0 Å². The van der Waals surface area contributed by atoms with Gasteiger partial charge in [0, 0.05) is 92.6 Å². The molecule has 376 valence electrons. The Hall–Kier alpha value is -7.29. The molecule has 0 atom stereocenters. The van der Waals surface area contributed by atoms with Crippen LogP contribution in [-0.2, 0) is 31.3 Å². The summed E-state index contributed by atoms with van der Waals surface area (Å²) >= 11 is 0. The van der Waals surface area contributed by atoms with E-state index in [1.807, 2.05) is 54.6 Å². The molecule has 0 bridgehead atoms. The van der Waals surface area contributed by atoms with Gasteiger partial charge in [-0.3, -0.25) is 19.6 Å². The lowest BCUT2D eigenvalue weighted by atomic mass is 9.93. The van der Waals surface area contributed by atoms with Crippen LogP contribution in [0, 0.1) is 46.1 Å². The van der Waals surface area contributed by atoms with Gasteiger partial charge in [0.05, 0.1) is 58.8 Å². The third kappa shape index (κ3) is 12.7. The van der Waals surface area contributed by atoms with Crippen LogP contribution in [-0.4, -0.2) is 128 Å². The molecule has 4 fully saturated rings. The quantitative estimate of drug-likeness (QED) is 0.0971. The Balaban J connectivity index is 0.000000179. The van der Waals surface area contributed by atoms with Crippen molar-refractivity contribution in [2.24, 2.45) is 11.8 Å². The molecule has 4 aliphatic rings. The van der Waals surface area contributed by atoms with Gasteiger partial charge in [0.15, 0.2) is 0 Å². The predicted molar refractivity (Wildman–Crippen MR) is 273 cm³/mol. The SMILES string of the molecule is CS(=O)(=O)N1CCN(C(=O)c2cnc3ccc(F)cc3c2-c2ccc(/C(C#N)=C/C3CC3)cc2)CC1.CS(=O)(=O)N1CCN(C(=O)c2cnc3ccc(F)cc3c2-c2ccc(CC#N)cc2)CC1.O=CC1CC1. The van der Waals surface area contributed by atoms with E-state index >= 15 is 0 Å². The Kier molecular flexibility index (Phi) is 15.8. The lowest BCUT2D eigenvalue weighted by Gasteiger charge is -2.33. The number of sulfonamides is 2. The second-order valence-corrected chi connectivity index (χ2v) is 22.4. The molecular weight excluding hydrogens is 975 g/mol. The summed E-state index contributed by atoms with van der Waals surface area (Å²) in [5, 5.41) is 19.5.